The molecule has 4 nitrogen and oxygen atoms in total. The van der Waals surface area contributed by atoms with E-state index in [0.717, 1.165) is 16.7 Å². The van der Waals surface area contributed by atoms with Crippen molar-refractivity contribution in [3.8, 4) is 0 Å². The van der Waals surface area contributed by atoms with Gasteiger partial charge in [0, 0.05) is 19.4 Å². The fourth-order valence-corrected chi connectivity index (χ4v) is 2.75. The van der Waals surface area contributed by atoms with Crippen LogP contribution < -0.4 is 0 Å². The fraction of sp³-hybridized carbons (Fsp3) is 0.300. The number of hydrogen-bond donors (Lipinski definition) is 0. The van der Waals surface area contributed by atoms with E-state index < -0.39 is 5.97 Å². The Morgan fingerprint density at radius 1 is 1.04 bits per heavy atom. The minimum atomic E-state index is -0.419. The number of rotatable bonds is 6. The molecule has 0 saturated heterocycles. The molecule has 24 heavy (non-hydrogen) atoms. The van der Waals surface area contributed by atoms with E-state index >= 15 is 0 Å². The zero-order valence-corrected chi connectivity index (χ0v) is 14.4. The van der Waals surface area contributed by atoms with Crippen LogP contribution in [0.15, 0.2) is 54.6 Å². The van der Waals surface area contributed by atoms with Crippen molar-refractivity contribution in [2.75, 3.05) is 20.7 Å². The number of carbonyl (C=O) groups excluding carboxylic acids is 2. The molecule has 2 aromatic carbocycles. The predicted octanol–water partition coefficient (Wildman–Crippen LogP) is 3.15. The van der Waals surface area contributed by atoms with E-state index in [4.69, 9.17) is 0 Å². The van der Waals surface area contributed by atoms with Gasteiger partial charge in [-0.3, -0.25) is 9.59 Å². The Bertz CT molecular complexity index is 697. The van der Waals surface area contributed by atoms with Gasteiger partial charge in [0.05, 0.1) is 7.11 Å². The Hall–Kier alpha value is -2.62. The summed E-state index contributed by atoms with van der Waals surface area (Å²) in [5, 5.41) is 0. The lowest BCUT2D eigenvalue weighted by Crippen LogP contribution is -2.33. The van der Waals surface area contributed by atoms with Gasteiger partial charge in [-0.2, -0.15) is 0 Å². The minimum absolute atomic E-state index is 0.0371. The number of aryl methyl sites for hydroxylation is 1. The lowest BCUT2D eigenvalue weighted by molar-refractivity contribution is -0.146. The molecule has 1 amide bonds. The SMILES string of the molecule is COC(=O)CN(C)C(=O)CC(c1ccccc1)c1ccccc1C. The molecule has 1 unspecified atom stereocenters. The van der Waals surface area contributed by atoms with Crippen molar-refractivity contribution in [1.82, 2.24) is 4.90 Å². The Morgan fingerprint density at radius 3 is 2.29 bits per heavy atom. The van der Waals surface area contributed by atoms with Crippen LogP contribution in [0.2, 0.25) is 0 Å². The van der Waals surface area contributed by atoms with Crippen molar-refractivity contribution in [1.29, 1.82) is 0 Å². The van der Waals surface area contributed by atoms with E-state index in [1.54, 1.807) is 7.05 Å². The second-order valence-corrected chi connectivity index (χ2v) is 5.85. The van der Waals surface area contributed by atoms with Crippen LogP contribution in [0.4, 0.5) is 0 Å². The molecule has 0 aliphatic carbocycles. The van der Waals surface area contributed by atoms with Gasteiger partial charge in [-0.15, -0.1) is 0 Å². The monoisotopic (exact) mass is 325 g/mol. The summed E-state index contributed by atoms with van der Waals surface area (Å²) in [5.41, 5.74) is 3.37. The molecule has 0 aliphatic rings. The number of amides is 1. The zero-order chi connectivity index (χ0) is 17.5. The highest BCUT2D eigenvalue weighted by Crippen LogP contribution is 2.30. The van der Waals surface area contributed by atoms with Crippen molar-refractivity contribution in [2.24, 2.45) is 0 Å². The average Bonchev–Trinajstić information content (AvgIpc) is 2.60. The van der Waals surface area contributed by atoms with Crippen LogP contribution in [0.3, 0.4) is 0 Å². The van der Waals surface area contributed by atoms with Gasteiger partial charge in [-0.25, -0.2) is 0 Å². The molecule has 0 bridgehead atoms. The molecular weight excluding hydrogens is 302 g/mol. The van der Waals surface area contributed by atoms with Gasteiger partial charge in [0.25, 0.3) is 0 Å². The highest BCUT2D eigenvalue weighted by molar-refractivity contribution is 5.82. The van der Waals surface area contributed by atoms with Gasteiger partial charge in [-0.05, 0) is 23.6 Å². The second-order valence-electron chi connectivity index (χ2n) is 5.85. The maximum absolute atomic E-state index is 12.6. The Balaban J connectivity index is 2.26. The third kappa shape index (κ3) is 4.44. The van der Waals surface area contributed by atoms with Crippen LogP contribution in [0.25, 0.3) is 0 Å². The topological polar surface area (TPSA) is 46.6 Å². The van der Waals surface area contributed by atoms with Crippen LogP contribution in [-0.4, -0.2) is 37.5 Å². The van der Waals surface area contributed by atoms with Gasteiger partial charge in [0.2, 0.25) is 5.91 Å². The summed E-state index contributed by atoms with van der Waals surface area (Å²) < 4.78 is 4.63. The normalized spacial score (nSPS) is 11.6. The van der Waals surface area contributed by atoms with Crippen molar-refractivity contribution in [3.05, 3.63) is 71.3 Å². The molecular formula is C20H23NO3. The first kappa shape index (κ1) is 17.7. The summed E-state index contributed by atoms with van der Waals surface area (Å²) in [6.45, 7) is 2.01. The van der Waals surface area contributed by atoms with Gasteiger partial charge >= 0.3 is 5.97 Å². The van der Waals surface area contributed by atoms with Crippen LogP contribution in [0.5, 0.6) is 0 Å². The van der Waals surface area contributed by atoms with Crippen molar-refractivity contribution < 1.29 is 14.3 Å². The molecule has 4 heteroatoms. The lowest BCUT2D eigenvalue weighted by atomic mass is 9.86. The first-order chi connectivity index (χ1) is 11.5. The van der Waals surface area contributed by atoms with Crippen LogP contribution >= 0.6 is 0 Å². The number of likely N-dealkylation sites (N-methyl/N-ethyl adjacent to an activating group) is 1. The third-order valence-corrected chi connectivity index (χ3v) is 4.16. The summed E-state index contributed by atoms with van der Waals surface area (Å²) in [6, 6.07) is 18.1. The molecule has 0 N–H and O–H groups in total. The maximum atomic E-state index is 12.6. The molecule has 0 fully saturated rings. The van der Waals surface area contributed by atoms with Crippen molar-refractivity contribution >= 4 is 11.9 Å². The van der Waals surface area contributed by atoms with E-state index in [-0.39, 0.29) is 18.4 Å². The van der Waals surface area contributed by atoms with Crippen LogP contribution in [0.1, 0.15) is 29.0 Å². The van der Waals surface area contributed by atoms with E-state index in [0.29, 0.717) is 6.42 Å². The smallest absolute Gasteiger partial charge is 0.325 e. The number of methoxy groups -OCH3 is 1. The number of hydrogen-bond acceptors (Lipinski definition) is 3. The van der Waals surface area contributed by atoms with Crippen LogP contribution in [0, 0.1) is 6.92 Å². The molecule has 0 spiro atoms. The summed E-state index contributed by atoms with van der Waals surface area (Å²) >= 11 is 0. The van der Waals surface area contributed by atoms with E-state index in [1.807, 2.05) is 55.5 Å². The highest BCUT2D eigenvalue weighted by atomic mass is 16.5. The number of esters is 1. The molecule has 126 valence electrons. The van der Waals surface area contributed by atoms with Gasteiger partial charge in [0.15, 0.2) is 0 Å². The molecule has 0 heterocycles. The van der Waals surface area contributed by atoms with E-state index in [2.05, 4.69) is 10.8 Å². The van der Waals surface area contributed by atoms with E-state index in [9.17, 15) is 9.59 Å². The summed E-state index contributed by atoms with van der Waals surface area (Å²) in [6.07, 6.45) is 0.308. The Morgan fingerprint density at radius 2 is 1.67 bits per heavy atom. The molecule has 1 atom stereocenters. The van der Waals surface area contributed by atoms with Crippen molar-refractivity contribution in [3.63, 3.8) is 0 Å². The number of carbonyl (C=O) groups is 2. The van der Waals surface area contributed by atoms with Gasteiger partial charge in [-0.1, -0.05) is 54.6 Å². The molecule has 2 rings (SSSR count). The minimum Gasteiger partial charge on any atom is -0.468 e. The number of nitrogens with zero attached hydrogens (tertiary/aromatic N) is 1. The standard InChI is InChI=1S/C20H23NO3/c1-15-9-7-8-12-17(15)18(16-10-5-4-6-11-16)13-19(22)21(2)14-20(23)24-3/h4-12,18H,13-14H2,1-3H3. The van der Waals surface area contributed by atoms with Gasteiger partial charge in [0.1, 0.15) is 6.54 Å². The first-order valence-electron chi connectivity index (χ1n) is 7.94. The van der Waals surface area contributed by atoms with Crippen molar-refractivity contribution in [2.45, 2.75) is 19.3 Å². The quantitative estimate of drug-likeness (QED) is 0.767. The number of benzene rings is 2. The van der Waals surface area contributed by atoms with Crippen LogP contribution in [-0.2, 0) is 14.3 Å². The second kappa shape index (κ2) is 8.29. The highest BCUT2D eigenvalue weighted by Gasteiger charge is 2.22. The average molecular weight is 325 g/mol. The molecule has 0 aromatic heterocycles. The fourth-order valence-electron chi connectivity index (χ4n) is 2.75. The largest absolute Gasteiger partial charge is 0.468 e. The van der Waals surface area contributed by atoms with Gasteiger partial charge < -0.3 is 9.64 Å². The molecule has 0 aliphatic heterocycles. The first-order valence-corrected chi connectivity index (χ1v) is 7.94. The molecule has 0 saturated carbocycles. The Kier molecular flexibility index (Phi) is 6.13. The lowest BCUT2D eigenvalue weighted by Gasteiger charge is -2.23. The predicted molar refractivity (Wildman–Crippen MR) is 93.7 cm³/mol. The number of ether oxygens (including phenoxy) is 1. The zero-order valence-electron chi connectivity index (χ0n) is 14.4. The maximum Gasteiger partial charge on any atom is 0.325 e. The third-order valence-electron chi connectivity index (χ3n) is 4.16. The summed E-state index contributed by atoms with van der Waals surface area (Å²) in [7, 11) is 2.94. The molecule has 2 aromatic rings. The summed E-state index contributed by atoms with van der Waals surface area (Å²) in [5.74, 6) is -0.546. The van der Waals surface area contributed by atoms with E-state index in [1.165, 1.54) is 12.0 Å². The Labute approximate surface area is 143 Å². The molecule has 0 radical (unpaired) electrons. The summed E-state index contributed by atoms with van der Waals surface area (Å²) in [4.78, 5) is 25.4.